The zero-order valence-electron chi connectivity index (χ0n) is 10.1. The number of aromatic nitrogens is 2. The van der Waals surface area contributed by atoms with E-state index in [1.165, 1.54) is 25.7 Å². The molecule has 0 saturated heterocycles. The average molecular weight is 223 g/mol. The molecule has 1 aromatic heterocycles. The normalized spacial score (nSPS) is 27.9. The van der Waals surface area contributed by atoms with Gasteiger partial charge < -0.3 is 10.3 Å². The molecule has 0 radical (unpaired) electrons. The minimum atomic E-state index is 0.194. The van der Waals surface area contributed by atoms with Gasteiger partial charge in [-0.05, 0) is 31.6 Å². The average Bonchev–Trinajstić information content (AvgIpc) is 2.78. The lowest BCUT2D eigenvalue weighted by atomic mass is 9.83. The first-order chi connectivity index (χ1) is 7.70. The monoisotopic (exact) mass is 223 g/mol. The van der Waals surface area contributed by atoms with Crippen LogP contribution in [0, 0.1) is 5.92 Å². The van der Waals surface area contributed by atoms with Gasteiger partial charge in [0.1, 0.15) is 0 Å². The molecule has 90 valence electrons. The summed E-state index contributed by atoms with van der Waals surface area (Å²) in [6, 6.07) is 0. The zero-order chi connectivity index (χ0) is 11.5. The molecule has 1 fully saturated rings. The third-order valence-corrected chi connectivity index (χ3v) is 3.62. The van der Waals surface area contributed by atoms with Crippen LogP contribution in [-0.2, 0) is 0 Å². The molecule has 1 saturated carbocycles. The van der Waals surface area contributed by atoms with Crippen molar-refractivity contribution in [2.45, 2.75) is 51.4 Å². The highest BCUT2D eigenvalue weighted by molar-refractivity contribution is 4.99. The van der Waals surface area contributed by atoms with Crippen molar-refractivity contribution in [3.05, 3.63) is 11.7 Å². The Labute approximate surface area is 96.6 Å². The van der Waals surface area contributed by atoms with Crippen molar-refractivity contribution in [1.82, 2.24) is 10.1 Å². The van der Waals surface area contributed by atoms with Crippen LogP contribution in [0.25, 0.3) is 0 Å². The van der Waals surface area contributed by atoms with Crippen molar-refractivity contribution in [3.8, 4) is 0 Å². The van der Waals surface area contributed by atoms with Gasteiger partial charge >= 0.3 is 0 Å². The summed E-state index contributed by atoms with van der Waals surface area (Å²) < 4.78 is 5.35. The van der Waals surface area contributed by atoms with Crippen LogP contribution in [0.4, 0.5) is 0 Å². The molecule has 1 aliphatic rings. The molecular formula is C12H21N3O. The number of rotatable bonds is 3. The first-order valence-corrected chi connectivity index (χ1v) is 6.24. The van der Waals surface area contributed by atoms with E-state index in [-0.39, 0.29) is 5.92 Å². The van der Waals surface area contributed by atoms with Gasteiger partial charge in [-0.25, -0.2) is 0 Å². The lowest BCUT2D eigenvalue weighted by molar-refractivity contribution is 0.280. The van der Waals surface area contributed by atoms with Crippen molar-refractivity contribution >= 4 is 0 Å². The van der Waals surface area contributed by atoms with E-state index in [1.807, 2.05) is 6.92 Å². The summed E-state index contributed by atoms with van der Waals surface area (Å²) in [5.74, 6) is 3.10. The third kappa shape index (κ3) is 2.43. The second kappa shape index (κ2) is 4.95. The largest absolute Gasteiger partial charge is 0.339 e. The molecule has 1 heterocycles. The second-order valence-corrected chi connectivity index (χ2v) is 5.08. The Morgan fingerprint density at radius 2 is 2.06 bits per heavy atom. The minimum Gasteiger partial charge on any atom is -0.339 e. The van der Waals surface area contributed by atoms with E-state index >= 15 is 0 Å². The Morgan fingerprint density at radius 3 is 2.69 bits per heavy atom. The van der Waals surface area contributed by atoms with E-state index in [1.54, 1.807) is 0 Å². The summed E-state index contributed by atoms with van der Waals surface area (Å²) in [5.41, 5.74) is 5.59. The maximum absolute atomic E-state index is 5.59. The summed E-state index contributed by atoms with van der Waals surface area (Å²) in [7, 11) is 0. The Morgan fingerprint density at radius 1 is 1.38 bits per heavy atom. The van der Waals surface area contributed by atoms with Crippen LogP contribution in [0.3, 0.4) is 0 Å². The summed E-state index contributed by atoms with van der Waals surface area (Å²) in [4.78, 5) is 4.47. The van der Waals surface area contributed by atoms with Crippen LogP contribution < -0.4 is 5.73 Å². The van der Waals surface area contributed by atoms with Crippen LogP contribution in [0.15, 0.2) is 4.52 Å². The second-order valence-electron chi connectivity index (χ2n) is 5.08. The van der Waals surface area contributed by atoms with Gasteiger partial charge in [0.2, 0.25) is 5.89 Å². The van der Waals surface area contributed by atoms with Crippen molar-refractivity contribution in [2.75, 3.05) is 6.54 Å². The Hall–Kier alpha value is -0.900. The molecule has 2 rings (SSSR count). The number of hydrogen-bond acceptors (Lipinski definition) is 4. The molecule has 16 heavy (non-hydrogen) atoms. The first kappa shape index (κ1) is 11.6. The zero-order valence-corrected chi connectivity index (χ0v) is 10.1. The molecule has 1 unspecified atom stereocenters. The molecule has 4 nitrogen and oxygen atoms in total. The lowest BCUT2D eigenvalue weighted by Crippen LogP contribution is -2.12. The van der Waals surface area contributed by atoms with E-state index in [9.17, 15) is 0 Å². The van der Waals surface area contributed by atoms with E-state index in [2.05, 4.69) is 17.1 Å². The highest BCUT2D eigenvalue weighted by Crippen LogP contribution is 2.34. The molecule has 0 aliphatic heterocycles. The maximum Gasteiger partial charge on any atom is 0.229 e. The Balaban J connectivity index is 2.01. The molecular weight excluding hydrogens is 202 g/mol. The van der Waals surface area contributed by atoms with Gasteiger partial charge in [0, 0.05) is 18.4 Å². The molecule has 0 bridgehead atoms. The third-order valence-electron chi connectivity index (χ3n) is 3.62. The van der Waals surface area contributed by atoms with E-state index < -0.39 is 0 Å². The summed E-state index contributed by atoms with van der Waals surface area (Å²) in [6.07, 6.45) is 4.91. The lowest BCUT2D eigenvalue weighted by Gasteiger charge is -2.23. The molecule has 1 aliphatic carbocycles. The molecule has 4 heteroatoms. The highest BCUT2D eigenvalue weighted by atomic mass is 16.5. The van der Waals surface area contributed by atoms with Crippen LogP contribution in [-0.4, -0.2) is 16.7 Å². The first-order valence-electron chi connectivity index (χ1n) is 6.24. The van der Waals surface area contributed by atoms with Gasteiger partial charge in [0.25, 0.3) is 0 Å². The Bertz CT molecular complexity index is 329. The van der Waals surface area contributed by atoms with Gasteiger partial charge in [-0.2, -0.15) is 4.98 Å². The smallest absolute Gasteiger partial charge is 0.229 e. The Kier molecular flexibility index (Phi) is 3.59. The SMILES string of the molecule is CC1CCC(c2nc(C(C)CN)no2)CC1. The standard InChI is InChI=1S/C12H21N3O/c1-8-3-5-10(6-4-8)12-14-11(15-16-12)9(2)7-13/h8-10H,3-7,13H2,1-2H3. The molecule has 0 spiro atoms. The summed E-state index contributed by atoms with van der Waals surface area (Å²) in [5, 5.41) is 4.02. The quantitative estimate of drug-likeness (QED) is 0.854. The number of nitrogens with two attached hydrogens (primary N) is 1. The fourth-order valence-corrected chi connectivity index (χ4v) is 2.23. The van der Waals surface area contributed by atoms with E-state index in [0.717, 1.165) is 17.6 Å². The summed E-state index contributed by atoms with van der Waals surface area (Å²) in [6.45, 7) is 4.91. The van der Waals surface area contributed by atoms with E-state index in [0.29, 0.717) is 12.5 Å². The van der Waals surface area contributed by atoms with Gasteiger partial charge in [0.15, 0.2) is 5.82 Å². The van der Waals surface area contributed by atoms with Crippen molar-refractivity contribution in [2.24, 2.45) is 11.7 Å². The molecule has 0 aromatic carbocycles. The van der Waals surface area contributed by atoms with Crippen LogP contribution in [0.2, 0.25) is 0 Å². The molecule has 1 atom stereocenters. The fraction of sp³-hybridized carbons (Fsp3) is 0.833. The van der Waals surface area contributed by atoms with Gasteiger partial charge in [0.05, 0.1) is 0 Å². The van der Waals surface area contributed by atoms with Gasteiger partial charge in [-0.15, -0.1) is 0 Å². The van der Waals surface area contributed by atoms with Crippen molar-refractivity contribution in [1.29, 1.82) is 0 Å². The highest BCUT2D eigenvalue weighted by Gasteiger charge is 2.25. The van der Waals surface area contributed by atoms with Crippen LogP contribution in [0.5, 0.6) is 0 Å². The van der Waals surface area contributed by atoms with E-state index in [4.69, 9.17) is 10.3 Å². The predicted octanol–water partition coefficient (Wildman–Crippen LogP) is 2.43. The van der Waals surface area contributed by atoms with Crippen LogP contribution >= 0.6 is 0 Å². The van der Waals surface area contributed by atoms with Gasteiger partial charge in [-0.3, -0.25) is 0 Å². The topological polar surface area (TPSA) is 64.9 Å². The molecule has 2 N–H and O–H groups in total. The van der Waals surface area contributed by atoms with Gasteiger partial charge in [-0.1, -0.05) is 19.0 Å². The maximum atomic E-state index is 5.59. The number of hydrogen-bond donors (Lipinski definition) is 1. The van der Waals surface area contributed by atoms with Crippen LogP contribution in [0.1, 0.15) is 63.1 Å². The van der Waals surface area contributed by atoms with Crippen molar-refractivity contribution < 1.29 is 4.52 Å². The minimum absolute atomic E-state index is 0.194. The fourth-order valence-electron chi connectivity index (χ4n) is 2.23. The number of nitrogens with zero attached hydrogens (tertiary/aromatic N) is 2. The summed E-state index contributed by atoms with van der Waals surface area (Å²) >= 11 is 0. The van der Waals surface area contributed by atoms with Crippen molar-refractivity contribution in [3.63, 3.8) is 0 Å². The predicted molar refractivity (Wildman–Crippen MR) is 62.1 cm³/mol. The molecule has 0 amide bonds. The molecule has 1 aromatic rings.